The maximum Gasteiger partial charge on any atom is 0.287 e. The summed E-state index contributed by atoms with van der Waals surface area (Å²) < 4.78 is 7.41. The van der Waals surface area contributed by atoms with Crippen molar-refractivity contribution in [3.63, 3.8) is 0 Å². The van der Waals surface area contributed by atoms with Crippen LogP contribution >= 0.6 is 0 Å². The van der Waals surface area contributed by atoms with E-state index in [1.807, 2.05) is 31.2 Å². The number of furan rings is 1. The van der Waals surface area contributed by atoms with Crippen LogP contribution in [-0.2, 0) is 13.0 Å². The van der Waals surface area contributed by atoms with Gasteiger partial charge in [0, 0.05) is 6.54 Å². The molecule has 0 radical (unpaired) electrons. The zero-order valence-electron chi connectivity index (χ0n) is 15.8. The van der Waals surface area contributed by atoms with E-state index in [1.165, 1.54) is 11.8 Å². The summed E-state index contributed by atoms with van der Waals surface area (Å²) in [5, 5.41) is 2.99. The number of benzene rings is 2. The van der Waals surface area contributed by atoms with Crippen LogP contribution in [0.15, 0.2) is 77.4 Å². The standard InChI is InChI=1S/C23H23N3O2/c1-17(24-23(27)21-14-8-16-28-21)22-25-19-12-5-6-13-20(19)26(22)15-7-11-18-9-3-2-4-10-18/h2-6,8-10,12-14,16-17H,7,11,15H2,1H3,(H,24,27)/t17-/m0/s1. The molecular formula is C23H23N3O2. The van der Waals surface area contributed by atoms with Crippen molar-refractivity contribution in [2.75, 3.05) is 0 Å². The summed E-state index contributed by atoms with van der Waals surface area (Å²) in [7, 11) is 0. The predicted molar refractivity (Wildman–Crippen MR) is 109 cm³/mol. The zero-order valence-corrected chi connectivity index (χ0v) is 15.8. The topological polar surface area (TPSA) is 60.1 Å². The molecule has 0 saturated carbocycles. The van der Waals surface area contributed by atoms with E-state index in [2.05, 4.69) is 40.2 Å². The van der Waals surface area contributed by atoms with Gasteiger partial charge < -0.3 is 14.3 Å². The third-order valence-electron chi connectivity index (χ3n) is 4.85. The van der Waals surface area contributed by atoms with E-state index >= 15 is 0 Å². The van der Waals surface area contributed by atoms with Crippen LogP contribution in [0.5, 0.6) is 0 Å². The van der Waals surface area contributed by atoms with Gasteiger partial charge in [0.25, 0.3) is 5.91 Å². The van der Waals surface area contributed by atoms with Gasteiger partial charge in [-0.25, -0.2) is 4.98 Å². The van der Waals surface area contributed by atoms with Gasteiger partial charge in [0.1, 0.15) is 5.82 Å². The molecule has 0 fully saturated rings. The number of carbonyl (C=O) groups excluding carboxylic acids is 1. The Bertz CT molecular complexity index is 1050. The van der Waals surface area contributed by atoms with Gasteiger partial charge in [-0.1, -0.05) is 42.5 Å². The average molecular weight is 373 g/mol. The highest BCUT2D eigenvalue weighted by Crippen LogP contribution is 2.22. The Morgan fingerprint density at radius 3 is 2.64 bits per heavy atom. The summed E-state index contributed by atoms with van der Waals surface area (Å²) in [5.41, 5.74) is 3.36. The van der Waals surface area contributed by atoms with Crippen molar-refractivity contribution in [1.82, 2.24) is 14.9 Å². The minimum absolute atomic E-state index is 0.235. The molecule has 28 heavy (non-hydrogen) atoms. The molecule has 4 aromatic rings. The highest BCUT2D eigenvalue weighted by molar-refractivity contribution is 5.91. The predicted octanol–water partition coefficient (Wildman–Crippen LogP) is 4.75. The lowest BCUT2D eigenvalue weighted by atomic mass is 10.1. The Balaban J connectivity index is 1.55. The largest absolute Gasteiger partial charge is 0.459 e. The minimum atomic E-state index is -0.236. The van der Waals surface area contributed by atoms with Crippen LogP contribution < -0.4 is 5.32 Å². The first kappa shape index (κ1) is 18.0. The molecule has 0 aliphatic carbocycles. The van der Waals surface area contributed by atoms with Crippen LogP contribution in [-0.4, -0.2) is 15.5 Å². The molecular weight excluding hydrogens is 350 g/mol. The van der Waals surface area contributed by atoms with Crippen LogP contribution in [0.3, 0.4) is 0 Å². The van der Waals surface area contributed by atoms with Crippen LogP contribution in [0.25, 0.3) is 11.0 Å². The molecule has 142 valence electrons. The van der Waals surface area contributed by atoms with Crippen molar-refractivity contribution in [2.24, 2.45) is 0 Å². The second kappa shape index (κ2) is 8.13. The fraction of sp³-hybridized carbons (Fsp3) is 0.217. The van der Waals surface area contributed by atoms with Crippen LogP contribution in [0.2, 0.25) is 0 Å². The van der Waals surface area contributed by atoms with Crippen molar-refractivity contribution in [2.45, 2.75) is 32.4 Å². The molecule has 0 aliphatic rings. The number of hydrogen-bond donors (Lipinski definition) is 1. The average Bonchev–Trinajstić information content (AvgIpc) is 3.37. The number of amides is 1. The van der Waals surface area contributed by atoms with Gasteiger partial charge in [-0.05, 0) is 49.6 Å². The lowest BCUT2D eigenvalue weighted by Gasteiger charge is -2.16. The molecule has 5 nitrogen and oxygen atoms in total. The van der Waals surface area contributed by atoms with Gasteiger partial charge in [0.05, 0.1) is 23.3 Å². The second-order valence-electron chi connectivity index (χ2n) is 6.87. The Labute approximate surface area is 164 Å². The third-order valence-corrected chi connectivity index (χ3v) is 4.85. The normalized spacial score (nSPS) is 12.2. The lowest BCUT2D eigenvalue weighted by Crippen LogP contribution is -2.28. The first-order valence-corrected chi connectivity index (χ1v) is 9.56. The van der Waals surface area contributed by atoms with E-state index < -0.39 is 0 Å². The fourth-order valence-corrected chi connectivity index (χ4v) is 3.49. The highest BCUT2D eigenvalue weighted by Gasteiger charge is 2.19. The second-order valence-corrected chi connectivity index (χ2v) is 6.87. The van der Waals surface area contributed by atoms with Crippen molar-refractivity contribution < 1.29 is 9.21 Å². The molecule has 2 aromatic heterocycles. The van der Waals surface area contributed by atoms with Crippen molar-refractivity contribution in [1.29, 1.82) is 0 Å². The first-order valence-electron chi connectivity index (χ1n) is 9.56. The van der Waals surface area contributed by atoms with Gasteiger partial charge in [0.2, 0.25) is 0 Å². The molecule has 0 unspecified atom stereocenters. The summed E-state index contributed by atoms with van der Waals surface area (Å²) in [5.74, 6) is 0.924. The summed E-state index contributed by atoms with van der Waals surface area (Å²) >= 11 is 0. The van der Waals surface area contributed by atoms with Crippen molar-refractivity contribution in [3.05, 3.63) is 90.1 Å². The van der Waals surface area contributed by atoms with Gasteiger partial charge in [-0.15, -0.1) is 0 Å². The number of fused-ring (bicyclic) bond motifs is 1. The number of para-hydroxylation sites is 2. The summed E-state index contributed by atoms with van der Waals surface area (Å²) in [6.07, 6.45) is 3.49. The maximum atomic E-state index is 12.4. The molecule has 5 heteroatoms. The smallest absolute Gasteiger partial charge is 0.287 e. The molecule has 1 amide bonds. The van der Waals surface area contributed by atoms with E-state index in [0.717, 1.165) is 36.2 Å². The minimum Gasteiger partial charge on any atom is -0.459 e. The number of carbonyl (C=O) groups is 1. The Morgan fingerprint density at radius 1 is 1.07 bits per heavy atom. The molecule has 0 aliphatic heterocycles. The summed E-state index contributed by atoms with van der Waals surface area (Å²) in [6.45, 7) is 2.79. The highest BCUT2D eigenvalue weighted by atomic mass is 16.3. The van der Waals surface area contributed by atoms with E-state index in [1.54, 1.807) is 12.1 Å². The van der Waals surface area contributed by atoms with Crippen molar-refractivity contribution in [3.8, 4) is 0 Å². The number of aryl methyl sites for hydroxylation is 2. The van der Waals surface area contributed by atoms with Crippen molar-refractivity contribution >= 4 is 16.9 Å². The number of nitrogens with zero attached hydrogens (tertiary/aromatic N) is 2. The Kier molecular flexibility index (Phi) is 5.24. The third kappa shape index (κ3) is 3.83. The van der Waals surface area contributed by atoms with E-state index in [0.29, 0.717) is 5.76 Å². The molecule has 0 saturated heterocycles. The lowest BCUT2D eigenvalue weighted by molar-refractivity contribution is 0.0909. The molecule has 0 spiro atoms. The summed E-state index contributed by atoms with van der Waals surface area (Å²) in [4.78, 5) is 17.2. The number of aromatic nitrogens is 2. The Hall–Kier alpha value is -3.34. The number of nitrogens with one attached hydrogen (secondary N) is 1. The number of hydrogen-bond acceptors (Lipinski definition) is 3. The SMILES string of the molecule is C[C@H](NC(=O)c1ccco1)c1nc2ccccc2n1CCCc1ccccc1. The molecule has 2 heterocycles. The van der Waals surface area contributed by atoms with Crippen LogP contribution in [0, 0.1) is 0 Å². The molecule has 2 aromatic carbocycles. The molecule has 1 N–H and O–H groups in total. The zero-order chi connectivity index (χ0) is 19.3. The van der Waals surface area contributed by atoms with Gasteiger partial charge in [-0.2, -0.15) is 0 Å². The monoisotopic (exact) mass is 373 g/mol. The van der Waals surface area contributed by atoms with Gasteiger partial charge in [-0.3, -0.25) is 4.79 Å². The molecule has 4 rings (SSSR count). The van der Waals surface area contributed by atoms with Crippen LogP contribution in [0.1, 0.15) is 41.3 Å². The molecule has 0 bridgehead atoms. The van der Waals surface area contributed by atoms with E-state index in [-0.39, 0.29) is 11.9 Å². The van der Waals surface area contributed by atoms with Gasteiger partial charge in [0.15, 0.2) is 5.76 Å². The number of rotatable bonds is 7. The molecule has 1 atom stereocenters. The van der Waals surface area contributed by atoms with E-state index in [4.69, 9.17) is 9.40 Å². The maximum absolute atomic E-state index is 12.4. The van der Waals surface area contributed by atoms with Gasteiger partial charge >= 0.3 is 0 Å². The summed E-state index contributed by atoms with van der Waals surface area (Å²) in [6, 6.07) is 21.7. The van der Waals surface area contributed by atoms with Crippen LogP contribution in [0.4, 0.5) is 0 Å². The van der Waals surface area contributed by atoms with E-state index in [9.17, 15) is 4.79 Å². The number of imidazole rings is 1. The first-order chi connectivity index (χ1) is 13.7. The Morgan fingerprint density at radius 2 is 1.86 bits per heavy atom. The fourth-order valence-electron chi connectivity index (χ4n) is 3.49. The quantitative estimate of drug-likeness (QED) is 0.508.